The van der Waals surface area contributed by atoms with E-state index in [4.69, 9.17) is 5.73 Å². The van der Waals surface area contributed by atoms with Crippen molar-refractivity contribution in [2.24, 2.45) is 0 Å². The van der Waals surface area contributed by atoms with Crippen LogP contribution in [0.25, 0.3) is 0 Å². The van der Waals surface area contributed by atoms with Crippen molar-refractivity contribution in [3.8, 4) is 0 Å². The van der Waals surface area contributed by atoms with Crippen molar-refractivity contribution < 1.29 is 4.92 Å². The van der Waals surface area contributed by atoms with Crippen LogP contribution in [-0.2, 0) is 6.54 Å². The number of aryl methyl sites for hydroxylation is 2. The van der Waals surface area contributed by atoms with Gasteiger partial charge in [-0.05, 0) is 13.3 Å². The highest BCUT2D eigenvalue weighted by atomic mass is 16.6. The third-order valence-corrected chi connectivity index (χ3v) is 2.29. The van der Waals surface area contributed by atoms with Gasteiger partial charge in [-0.25, -0.2) is 4.68 Å². The average molecular weight is 212 g/mol. The fraction of sp³-hybridized carbons (Fsp3) is 0.667. The van der Waals surface area contributed by atoms with E-state index in [0.29, 0.717) is 12.2 Å². The van der Waals surface area contributed by atoms with Crippen molar-refractivity contribution in [1.29, 1.82) is 0 Å². The van der Waals surface area contributed by atoms with E-state index in [1.807, 2.05) is 0 Å². The van der Waals surface area contributed by atoms with Gasteiger partial charge in [-0.1, -0.05) is 19.8 Å². The van der Waals surface area contributed by atoms with Gasteiger partial charge in [0.1, 0.15) is 5.69 Å². The Balaban J connectivity index is 2.82. The first-order valence-electron chi connectivity index (χ1n) is 5.05. The molecule has 6 nitrogen and oxygen atoms in total. The molecule has 1 rings (SSSR count). The van der Waals surface area contributed by atoms with Crippen molar-refractivity contribution in [2.45, 2.75) is 39.7 Å². The fourth-order valence-electron chi connectivity index (χ4n) is 1.50. The summed E-state index contributed by atoms with van der Waals surface area (Å²) in [6.45, 7) is 4.35. The van der Waals surface area contributed by atoms with Gasteiger partial charge < -0.3 is 5.73 Å². The lowest BCUT2D eigenvalue weighted by Crippen LogP contribution is -2.05. The van der Waals surface area contributed by atoms with Crippen LogP contribution >= 0.6 is 0 Å². The fourth-order valence-corrected chi connectivity index (χ4v) is 1.50. The molecule has 0 aliphatic carbocycles. The van der Waals surface area contributed by atoms with Gasteiger partial charge in [0.2, 0.25) is 5.82 Å². The molecule has 0 bridgehead atoms. The van der Waals surface area contributed by atoms with E-state index >= 15 is 0 Å². The molecule has 0 aliphatic heterocycles. The molecule has 0 unspecified atom stereocenters. The zero-order valence-corrected chi connectivity index (χ0v) is 9.06. The molecule has 0 fully saturated rings. The Hall–Kier alpha value is -1.59. The molecule has 0 aliphatic rings. The molecule has 0 radical (unpaired) electrons. The summed E-state index contributed by atoms with van der Waals surface area (Å²) in [5.41, 5.74) is 5.97. The molecule has 0 amide bonds. The van der Waals surface area contributed by atoms with Gasteiger partial charge in [-0.2, -0.15) is 5.10 Å². The van der Waals surface area contributed by atoms with Crippen molar-refractivity contribution in [1.82, 2.24) is 9.78 Å². The monoisotopic (exact) mass is 212 g/mol. The summed E-state index contributed by atoms with van der Waals surface area (Å²) in [4.78, 5) is 10.2. The van der Waals surface area contributed by atoms with Crippen LogP contribution < -0.4 is 5.73 Å². The van der Waals surface area contributed by atoms with Crippen LogP contribution in [0.1, 0.15) is 31.9 Å². The van der Waals surface area contributed by atoms with E-state index in [1.165, 1.54) is 4.68 Å². The normalized spacial score (nSPS) is 10.5. The van der Waals surface area contributed by atoms with Gasteiger partial charge in [0.05, 0.1) is 4.92 Å². The third-order valence-electron chi connectivity index (χ3n) is 2.29. The number of nitrogens with zero attached hydrogens (tertiary/aromatic N) is 3. The first-order valence-corrected chi connectivity index (χ1v) is 5.05. The minimum absolute atomic E-state index is 0.0634. The highest BCUT2D eigenvalue weighted by molar-refractivity contribution is 5.55. The van der Waals surface area contributed by atoms with E-state index < -0.39 is 4.92 Å². The number of nitrogens with two attached hydrogens (primary N) is 1. The Morgan fingerprint density at radius 3 is 2.67 bits per heavy atom. The second-order valence-corrected chi connectivity index (χ2v) is 3.51. The molecule has 0 atom stereocenters. The lowest BCUT2D eigenvalue weighted by atomic mass is 10.2. The Morgan fingerprint density at radius 2 is 2.20 bits per heavy atom. The first kappa shape index (κ1) is 11.5. The molecule has 15 heavy (non-hydrogen) atoms. The number of hydrogen-bond acceptors (Lipinski definition) is 4. The Morgan fingerprint density at radius 1 is 1.53 bits per heavy atom. The molecule has 1 heterocycles. The van der Waals surface area contributed by atoms with Crippen molar-refractivity contribution in [3.05, 3.63) is 15.8 Å². The zero-order valence-electron chi connectivity index (χ0n) is 9.06. The van der Waals surface area contributed by atoms with Gasteiger partial charge >= 0.3 is 5.69 Å². The second-order valence-electron chi connectivity index (χ2n) is 3.51. The number of nitrogen functional groups attached to an aromatic ring is 1. The number of hydrogen-bond donors (Lipinski definition) is 1. The molecule has 0 saturated heterocycles. The summed E-state index contributed by atoms with van der Waals surface area (Å²) < 4.78 is 1.52. The summed E-state index contributed by atoms with van der Waals surface area (Å²) in [7, 11) is 0. The van der Waals surface area contributed by atoms with Crippen LogP contribution in [0, 0.1) is 17.0 Å². The van der Waals surface area contributed by atoms with Crippen LogP contribution in [0.4, 0.5) is 11.5 Å². The quantitative estimate of drug-likeness (QED) is 0.458. The van der Waals surface area contributed by atoms with Crippen LogP contribution in [0.3, 0.4) is 0 Å². The second kappa shape index (κ2) is 4.77. The van der Waals surface area contributed by atoms with Crippen molar-refractivity contribution in [3.63, 3.8) is 0 Å². The largest absolute Gasteiger partial charge is 0.378 e. The van der Waals surface area contributed by atoms with Crippen molar-refractivity contribution in [2.75, 3.05) is 5.73 Å². The predicted octanol–water partition coefficient (Wildman–Crippen LogP) is 1.87. The first-order chi connectivity index (χ1) is 7.07. The maximum Gasteiger partial charge on any atom is 0.333 e. The summed E-state index contributed by atoms with van der Waals surface area (Å²) in [6.07, 6.45) is 3.12. The number of unbranched alkanes of at least 4 members (excludes halogenated alkanes) is 2. The molecule has 2 N–H and O–H groups in total. The van der Waals surface area contributed by atoms with Gasteiger partial charge in [0, 0.05) is 6.54 Å². The SMILES string of the molecule is CCCCCn1nc(C)c([N+](=O)[O-])c1N. The van der Waals surface area contributed by atoms with Crippen LogP contribution in [0.2, 0.25) is 0 Å². The van der Waals surface area contributed by atoms with Crippen molar-refractivity contribution >= 4 is 11.5 Å². The Labute approximate surface area is 88.2 Å². The molecular weight excluding hydrogens is 196 g/mol. The van der Waals surface area contributed by atoms with E-state index in [9.17, 15) is 10.1 Å². The smallest absolute Gasteiger partial charge is 0.333 e. The van der Waals surface area contributed by atoms with E-state index in [2.05, 4.69) is 12.0 Å². The summed E-state index contributed by atoms with van der Waals surface area (Å²) >= 11 is 0. The summed E-state index contributed by atoms with van der Waals surface area (Å²) in [6, 6.07) is 0. The predicted molar refractivity (Wildman–Crippen MR) is 57.6 cm³/mol. The molecule has 6 heteroatoms. The maximum absolute atomic E-state index is 10.7. The highest BCUT2D eigenvalue weighted by Crippen LogP contribution is 2.25. The molecule has 0 aromatic carbocycles. The molecule has 84 valence electrons. The zero-order chi connectivity index (χ0) is 11.4. The molecule has 0 spiro atoms. The van der Waals surface area contributed by atoms with Crippen LogP contribution in [-0.4, -0.2) is 14.7 Å². The average Bonchev–Trinajstić information content (AvgIpc) is 2.42. The minimum atomic E-state index is -0.478. The minimum Gasteiger partial charge on any atom is -0.378 e. The van der Waals surface area contributed by atoms with Crippen LogP contribution in [0.15, 0.2) is 0 Å². The molecule has 0 saturated carbocycles. The maximum atomic E-state index is 10.7. The molecule has 1 aromatic heterocycles. The number of aromatic nitrogens is 2. The number of nitro groups is 1. The van der Waals surface area contributed by atoms with E-state index in [1.54, 1.807) is 6.92 Å². The number of rotatable bonds is 5. The number of anilines is 1. The standard InChI is InChI=1S/C9H16N4O2/c1-3-4-5-6-12-9(10)8(13(14)15)7(2)11-12/h3-6,10H2,1-2H3. The van der Waals surface area contributed by atoms with Gasteiger partial charge in [0.15, 0.2) is 0 Å². The highest BCUT2D eigenvalue weighted by Gasteiger charge is 2.22. The van der Waals surface area contributed by atoms with Gasteiger partial charge in [-0.3, -0.25) is 10.1 Å². The Bertz CT molecular complexity index is 359. The van der Waals surface area contributed by atoms with Gasteiger partial charge in [0.25, 0.3) is 0 Å². The van der Waals surface area contributed by atoms with Crippen LogP contribution in [0.5, 0.6) is 0 Å². The lowest BCUT2D eigenvalue weighted by molar-refractivity contribution is -0.384. The molecular formula is C9H16N4O2. The van der Waals surface area contributed by atoms with E-state index in [0.717, 1.165) is 19.3 Å². The lowest BCUT2D eigenvalue weighted by Gasteiger charge is -2.01. The summed E-state index contributed by atoms with van der Waals surface area (Å²) in [5.74, 6) is 0.161. The third kappa shape index (κ3) is 2.45. The summed E-state index contributed by atoms with van der Waals surface area (Å²) in [5, 5.41) is 14.7. The van der Waals surface area contributed by atoms with E-state index in [-0.39, 0.29) is 11.5 Å². The van der Waals surface area contributed by atoms with Gasteiger partial charge in [-0.15, -0.1) is 0 Å². The molecule has 1 aromatic rings. The Kier molecular flexibility index (Phi) is 3.65. The topological polar surface area (TPSA) is 87.0 Å².